The van der Waals surface area contributed by atoms with Gasteiger partial charge in [-0.25, -0.2) is 4.99 Å². The molecular formula is C9H9N5O. The maximum atomic E-state index is 5.04. The first-order valence-corrected chi connectivity index (χ1v) is 4.30. The molecule has 0 aliphatic heterocycles. The van der Waals surface area contributed by atoms with Gasteiger partial charge in [0, 0.05) is 6.21 Å². The molecule has 1 N–H and O–H groups in total. The van der Waals surface area contributed by atoms with Crippen LogP contribution in [0.5, 0.6) is 5.75 Å². The largest absolute Gasteiger partial charge is 0.497 e. The number of aromatic nitrogens is 4. The Labute approximate surface area is 86.0 Å². The van der Waals surface area contributed by atoms with E-state index in [1.807, 2.05) is 24.3 Å². The van der Waals surface area contributed by atoms with E-state index in [0.29, 0.717) is 5.95 Å². The minimum absolute atomic E-state index is 0.311. The molecule has 0 spiro atoms. The third-order valence-electron chi connectivity index (χ3n) is 1.78. The highest BCUT2D eigenvalue weighted by Gasteiger charge is 1.93. The number of tetrazole rings is 1. The lowest BCUT2D eigenvalue weighted by atomic mass is 10.2. The van der Waals surface area contributed by atoms with Gasteiger partial charge in [0.2, 0.25) is 0 Å². The van der Waals surface area contributed by atoms with Crippen LogP contribution in [0.3, 0.4) is 0 Å². The molecular weight excluding hydrogens is 194 g/mol. The first-order chi connectivity index (χ1) is 7.38. The van der Waals surface area contributed by atoms with Crippen molar-refractivity contribution in [2.75, 3.05) is 7.11 Å². The molecule has 0 radical (unpaired) electrons. The summed E-state index contributed by atoms with van der Waals surface area (Å²) in [6, 6.07) is 7.50. The summed E-state index contributed by atoms with van der Waals surface area (Å²) in [5, 5.41) is 13.1. The predicted octanol–water partition coefficient (Wildman–Crippen LogP) is 0.959. The monoisotopic (exact) mass is 203 g/mol. The summed E-state index contributed by atoms with van der Waals surface area (Å²) in [5.41, 5.74) is 0.945. The third-order valence-corrected chi connectivity index (χ3v) is 1.78. The molecule has 0 aliphatic rings. The highest BCUT2D eigenvalue weighted by Crippen LogP contribution is 2.10. The smallest absolute Gasteiger partial charge is 0.288 e. The number of rotatable bonds is 3. The van der Waals surface area contributed by atoms with Crippen molar-refractivity contribution in [3.8, 4) is 5.75 Å². The topological polar surface area (TPSA) is 76.1 Å². The highest BCUT2D eigenvalue weighted by atomic mass is 16.5. The van der Waals surface area contributed by atoms with E-state index in [4.69, 9.17) is 4.74 Å². The number of benzene rings is 1. The van der Waals surface area contributed by atoms with Crippen LogP contribution in [-0.2, 0) is 0 Å². The third kappa shape index (κ3) is 2.37. The molecule has 0 bridgehead atoms. The Morgan fingerprint density at radius 1 is 1.33 bits per heavy atom. The zero-order valence-corrected chi connectivity index (χ0v) is 8.08. The van der Waals surface area contributed by atoms with E-state index in [0.717, 1.165) is 11.3 Å². The Kier molecular flexibility index (Phi) is 2.68. The molecule has 2 rings (SSSR count). The Hall–Kier alpha value is -2.24. The van der Waals surface area contributed by atoms with Crippen LogP contribution >= 0.6 is 0 Å². The number of aliphatic imine (C=N–C) groups is 1. The first kappa shape index (κ1) is 9.32. The normalized spacial score (nSPS) is 10.7. The standard InChI is InChI=1S/C9H9N5O/c1-15-8-4-2-7(3-5-8)6-10-9-11-13-14-12-9/h2-6H,1H3,(H,11,12,13,14). The lowest BCUT2D eigenvalue weighted by Crippen LogP contribution is -1.84. The maximum Gasteiger partial charge on any atom is 0.288 e. The maximum absolute atomic E-state index is 5.04. The van der Waals surface area contributed by atoms with Crippen LogP contribution in [0.4, 0.5) is 5.95 Å². The van der Waals surface area contributed by atoms with E-state index in [-0.39, 0.29) is 0 Å². The summed E-state index contributed by atoms with van der Waals surface area (Å²) in [7, 11) is 1.63. The summed E-state index contributed by atoms with van der Waals surface area (Å²) in [6.07, 6.45) is 1.66. The molecule has 0 aliphatic carbocycles. The van der Waals surface area contributed by atoms with Gasteiger partial charge in [-0.15, -0.1) is 5.10 Å². The molecule has 1 aromatic carbocycles. The number of ether oxygens (including phenoxy) is 1. The molecule has 1 aromatic heterocycles. The molecule has 76 valence electrons. The Bertz CT molecular complexity index is 434. The summed E-state index contributed by atoms with van der Waals surface area (Å²) < 4.78 is 5.04. The van der Waals surface area contributed by atoms with Crippen LogP contribution < -0.4 is 4.74 Å². The van der Waals surface area contributed by atoms with Gasteiger partial charge in [0.1, 0.15) is 5.75 Å². The summed E-state index contributed by atoms with van der Waals surface area (Å²) in [5.74, 6) is 1.12. The fraction of sp³-hybridized carbons (Fsp3) is 0.111. The number of nitrogens with one attached hydrogen (secondary N) is 1. The van der Waals surface area contributed by atoms with Gasteiger partial charge >= 0.3 is 0 Å². The number of aromatic amines is 1. The number of hydrogen-bond donors (Lipinski definition) is 1. The van der Waals surface area contributed by atoms with Crippen molar-refractivity contribution in [1.82, 2.24) is 20.6 Å². The van der Waals surface area contributed by atoms with Gasteiger partial charge in [-0.3, -0.25) is 0 Å². The molecule has 6 heteroatoms. The van der Waals surface area contributed by atoms with Crippen molar-refractivity contribution in [2.24, 2.45) is 4.99 Å². The van der Waals surface area contributed by atoms with E-state index in [2.05, 4.69) is 25.6 Å². The molecule has 0 saturated carbocycles. The Morgan fingerprint density at radius 2 is 2.13 bits per heavy atom. The van der Waals surface area contributed by atoms with Crippen molar-refractivity contribution in [1.29, 1.82) is 0 Å². The molecule has 15 heavy (non-hydrogen) atoms. The van der Waals surface area contributed by atoms with Crippen LogP contribution in [0.1, 0.15) is 5.56 Å². The van der Waals surface area contributed by atoms with Crippen LogP contribution in [0.2, 0.25) is 0 Å². The average molecular weight is 203 g/mol. The lowest BCUT2D eigenvalue weighted by molar-refractivity contribution is 0.415. The second kappa shape index (κ2) is 4.32. The van der Waals surface area contributed by atoms with Gasteiger partial charge in [-0.2, -0.15) is 5.21 Å². The fourth-order valence-electron chi connectivity index (χ4n) is 1.03. The molecule has 6 nitrogen and oxygen atoms in total. The quantitative estimate of drug-likeness (QED) is 0.754. The van der Waals surface area contributed by atoms with E-state index in [1.165, 1.54) is 0 Å². The van der Waals surface area contributed by atoms with Crippen LogP contribution in [0, 0.1) is 0 Å². The molecule has 0 atom stereocenters. The van der Waals surface area contributed by atoms with E-state index in [9.17, 15) is 0 Å². The van der Waals surface area contributed by atoms with E-state index < -0.39 is 0 Å². The van der Waals surface area contributed by atoms with Gasteiger partial charge in [-0.05, 0) is 35.0 Å². The van der Waals surface area contributed by atoms with Gasteiger partial charge in [0.15, 0.2) is 0 Å². The molecule has 0 saturated heterocycles. The van der Waals surface area contributed by atoms with E-state index in [1.54, 1.807) is 13.3 Å². The van der Waals surface area contributed by atoms with Gasteiger partial charge < -0.3 is 4.74 Å². The minimum atomic E-state index is 0.311. The molecule has 0 amide bonds. The van der Waals surface area contributed by atoms with Gasteiger partial charge in [-0.1, -0.05) is 5.10 Å². The number of nitrogens with zero attached hydrogens (tertiary/aromatic N) is 4. The number of methoxy groups -OCH3 is 1. The minimum Gasteiger partial charge on any atom is -0.497 e. The summed E-state index contributed by atoms with van der Waals surface area (Å²) in [4.78, 5) is 4.01. The summed E-state index contributed by atoms with van der Waals surface area (Å²) in [6.45, 7) is 0. The second-order valence-corrected chi connectivity index (χ2v) is 2.74. The Morgan fingerprint density at radius 3 is 2.73 bits per heavy atom. The Balaban J connectivity index is 2.11. The van der Waals surface area contributed by atoms with Crippen LogP contribution in [0.25, 0.3) is 0 Å². The zero-order valence-electron chi connectivity index (χ0n) is 8.08. The highest BCUT2D eigenvalue weighted by molar-refractivity contribution is 5.81. The molecule has 0 unspecified atom stereocenters. The van der Waals surface area contributed by atoms with Crippen LogP contribution in [0.15, 0.2) is 29.3 Å². The van der Waals surface area contributed by atoms with Crippen molar-refractivity contribution >= 4 is 12.2 Å². The number of H-pyrrole nitrogens is 1. The average Bonchev–Trinajstić information content (AvgIpc) is 2.80. The SMILES string of the molecule is COc1ccc(C=Nc2nn[nH]n2)cc1. The van der Waals surface area contributed by atoms with Gasteiger partial charge in [0.05, 0.1) is 7.11 Å². The summed E-state index contributed by atoms with van der Waals surface area (Å²) >= 11 is 0. The first-order valence-electron chi connectivity index (χ1n) is 4.30. The second-order valence-electron chi connectivity index (χ2n) is 2.74. The van der Waals surface area contributed by atoms with Crippen molar-refractivity contribution in [2.45, 2.75) is 0 Å². The van der Waals surface area contributed by atoms with Crippen molar-refractivity contribution < 1.29 is 4.74 Å². The molecule has 0 fully saturated rings. The zero-order chi connectivity index (χ0) is 10.5. The lowest BCUT2D eigenvalue weighted by Gasteiger charge is -1.97. The predicted molar refractivity (Wildman–Crippen MR) is 54.4 cm³/mol. The van der Waals surface area contributed by atoms with E-state index >= 15 is 0 Å². The van der Waals surface area contributed by atoms with Gasteiger partial charge in [0.25, 0.3) is 5.95 Å². The van der Waals surface area contributed by atoms with Crippen molar-refractivity contribution in [3.63, 3.8) is 0 Å². The van der Waals surface area contributed by atoms with Crippen molar-refractivity contribution in [3.05, 3.63) is 29.8 Å². The molecule has 1 heterocycles. The fourth-order valence-corrected chi connectivity index (χ4v) is 1.03. The number of hydrogen-bond acceptors (Lipinski definition) is 5. The van der Waals surface area contributed by atoms with Crippen LogP contribution in [-0.4, -0.2) is 33.9 Å². The molecule has 2 aromatic rings.